The third-order valence-electron chi connectivity index (χ3n) is 6.41. The molecule has 0 spiro atoms. The highest BCUT2D eigenvalue weighted by molar-refractivity contribution is 4.97. The van der Waals surface area contributed by atoms with Gasteiger partial charge in [-0.1, -0.05) is 34.1 Å². The summed E-state index contributed by atoms with van der Waals surface area (Å²) in [6, 6.07) is 0.315. The maximum atomic E-state index is 6.03. The van der Waals surface area contributed by atoms with Gasteiger partial charge < -0.3 is 22.9 Å². The van der Waals surface area contributed by atoms with Crippen molar-refractivity contribution in [3.8, 4) is 0 Å². The number of rotatable bonds is 2. The average molecular weight is 327 g/mol. The van der Waals surface area contributed by atoms with Crippen LogP contribution in [0.25, 0.3) is 0 Å². The van der Waals surface area contributed by atoms with E-state index in [1.165, 1.54) is 32.1 Å². The van der Waals surface area contributed by atoms with Crippen molar-refractivity contribution < 1.29 is 0 Å². The van der Waals surface area contributed by atoms with Crippen molar-refractivity contribution in [2.75, 3.05) is 19.6 Å². The van der Waals surface area contributed by atoms with Crippen molar-refractivity contribution >= 4 is 0 Å². The molecular formula is C19H42N4. The van der Waals surface area contributed by atoms with Crippen molar-refractivity contribution in [3.05, 3.63) is 0 Å². The first-order valence-electron chi connectivity index (χ1n) is 9.66. The molecule has 8 N–H and O–H groups in total. The van der Waals surface area contributed by atoms with Gasteiger partial charge in [0, 0.05) is 6.04 Å². The molecule has 6 unspecified atom stereocenters. The lowest BCUT2D eigenvalue weighted by Crippen LogP contribution is -2.38. The first-order chi connectivity index (χ1) is 10.8. The highest BCUT2D eigenvalue weighted by Gasteiger charge is 2.43. The van der Waals surface area contributed by atoms with Crippen LogP contribution < -0.4 is 22.9 Å². The molecule has 0 aromatic heterocycles. The highest BCUT2D eigenvalue weighted by atomic mass is 14.8. The summed E-state index contributed by atoms with van der Waals surface area (Å²) < 4.78 is 0. The molecule has 0 saturated heterocycles. The molecule has 3 aliphatic rings. The lowest BCUT2D eigenvalue weighted by atomic mass is 9.81. The normalized spacial score (nSPS) is 40.2. The smallest absolute Gasteiger partial charge is 0.0110 e. The molecule has 23 heavy (non-hydrogen) atoms. The summed E-state index contributed by atoms with van der Waals surface area (Å²) in [6.07, 6.45) is 7.15. The van der Waals surface area contributed by atoms with Crippen molar-refractivity contribution in [2.24, 2.45) is 57.9 Å². The predicted molar refractivity (Wildman–Crippen MR) is 101 cm³/mol. The third-order valence-corrected chi connectivity index (χ3v) is 6.41. The second kappa shape index (κ2) is 9.36. The second-order valence-electron chi connectivity index (χ2n) is 8.67. The molecule has 3 saturated carbocycles. The van der Waals surface area contributed by atoms with Gasteiger partial charge >= 0.3 is 0 Å². The third kappa shape index (κ3) is 5.42. The zero-order valence-corrected chi connectivity index (χ0v) is 15.9. The second-order valence-corrected chi connectivity index (χ2v) is 8.67. The first kappa shape index (κ1) is 20.9. The van der Waals surface area contributed by atoms with Gasteiger partial charge in [0.05, 0.1) is 0 Å². The molecule has 6 atom stereocenters. The lowest BCUT2D eigenvalue weighted by Gasteiger charge is -2.27. The van der Waals surface area contributed by atoms with E-state index in [0.29, 0.717) is 23.3 Å². The minimum atomic E-state index is 0.315. The van der Waals surface area contributed by atoms with Gasteiger partial charge in [-0.25, -0.2) is 0 Å². The Kier molecular flexibility index (Phi) is 8.50. The Morgan fingerprint density at radius 2 is 1.61 bits per heavy atom. The Hall–Kier alpha value is -0.160. The van der Waals surface area contributed by atoms with Crippen LogP contribution in [0, 0.1) is 35.0 Å². The van der Waals surface area contributed by atoms with Crippen LogP contribution in [0.5, 0.6) is 0 Å². The predicted octanol–water partition coefficient (Wildman–Crippen LogP) is 2.30. The monoisotopic (exact) mass is 326 g/mol. The molecule has 0 aliphatic heterocycles. The molecule has 4 heteroatoms. The zero-order chi connectivity index (χ0) is 17.6. The van der Waals surface area contributed by atoms with Crippen LogP contribution in [-0.2, 0) is 0 Å². The molecule has 3 fully saturated rings. The van der Waals surface area contributed by atoms with Crippen molar-refractivity contribution in [2.45, 2.75) is 65.8 Å². The van der Waals surface area contributed by atoms with Gasteiger partial charge in [-0.15, -0.1) is 0 Å². The van der Waals surface area contributed by atoms with Crippen molar-refractivity contribution in [3.63, 3.8) is 0 Å². The minimum absolute atomic E-state index is 0.315. The highest BCUT2D eigenvalue weighted by Crippen LogP contribution is 2.47. The fourth-order valence-corrected chi connectivity index (χ4v) is 5.18. The van der Waals surface area contributed by atoms with Crippen LogP contribution in [0.2, 0.25) is 0 Å². The van der Waals surface area contributed by atoms with Gasteiger partial charge in [-0.05, 0) is 80.3 Å². The van der Waals surface area contributed by atoms with Crippen molar-refractivity contribution in [1.82, 2.24) is 0 Å². The van der Waals surface area contributed by atoms with Crippen LogP contribution in [-0.4, -0.2) is 25.7 Å². The SMILES string of the molecule is CC1CC(C)(C)C(CN)C1N.CCN.NCC1CC2CCC1C2. The fraction of sp³-hybridized carbons (Fsp3) is 1.00. The summed E-state index contributed by atoms with van der Waals surface area (Å²) in [5.74, 6) is 4.16. The summed E-state index contributed by atoms with van der Waals surface area (Å²) in [5, 5.41) is 0. The van der Waals surface area contributed by atoms with E-state index in [2.05, 4.69) is 20.8 Å². The van der Waals surface area contributed by atoms with Gasteiger partial charge in [0.15, 0.2) is 0 Å². The summed E-state index contributed by atoms with van der Waals surface area (Å²) in [5.41, 5.74) is 22.5. The van der Waals surface area contributed by atoms with Crippen LogP contribution in [0.3, 0.4) is 0 Å². The molecule has 2 bridgehead atoms. The van der Waals surface area contributed by atoms with Gasteiger partial charge in [0.2, 0.25) is 0 Å². The van der Waals surface area contributed by atoms with E-state index >= 15 is 0 Å². The average Bonchev–Trinajstić information content (AvgIpc) is 3.15. The lowest BCUT2D eigenvalue weighted by molar-refractivity contribution is 0.253. The molecule has 0 amide bonds. The molecular weight excluding hydrogens is 284 g/mol. The Labute approximate surface area is 144 Å². The topological polar surface area (TPSA) is 104 Å². The standard InChI is InChI=1S/C9H20N2.C8H15N.C2H7N/c1-6-4-9(2,3)7(5-10)8(6)11;9-5-8-4-6-1-2-7(8)3-6;1-2-3/h6-8H,4-5,10-11H2,1-3H3;6-8H,1-5,9H2;2-3H2,1H3. The van der Waals surface area contributed by atoms with Gasteiger partial charge in [0.1, 0.15) is 0 Å². The molecule has 138 valence electrons. The maximum absolute atomic E-state index is 6.03. The fourth-order valence-electron chi connectivity index (χ4n) is 5.18. The van der Waals surface area contributed by atoms with E-state index < -0.39 is 0 Å². The molecule has 0 radical (unpaired) electrons. The molecule has 3 rings (SSSR count). The largest absolute Gasteiger partial charge is 0.331 e. The quantitative estimate of drug-likeness (QED) is 0.625. The molecule has 0 aromatic rings. The van der Waals surface area contributed by atoms with Crippen LogP contribution >= 0.6 is 0 Å². The Balaban J connectivity index is 0.000000199. The van der Waals surface area contributed by atoms with Crippen LogP contribution in [0.1, 0.15) is 59.8 Å². The van der Waals surface area contributed by atoms with E-state index in [-0.39, 0.29) is 0 Å². The van der Waals surface area contributed by atoms with Crippen LogP contribution in [0.4, 0.5) is 0 Å². The van der Waals surface area contributed by atoms with Gasteiger partial charge in [0.25, 0.3) is 0 Å². The summed E-state index contributed by atoms with van der Waals surface area (Å²) >= 11 is 0. The number of hydrogen-bond donors (Lipinski definition) is 4. The van der Waals surface area contributed by atoms with Gasteiger partial charge in [-0.3, -0.25) is 0 Å². The molecule has 4 nitrogen and oxygen atoms in total. The van der Waals surface area contributed by atoms with E-state index in [0.717, 1.165) is 37.4 Å². The van der Waals surface area contributed by atoms with E-state index in [1.807, 2.05) is 6.92 Å². The Bertz CT molecular complexity index is 331. The summed E-state index contributed by atoms with van der Waals surface area (Å²) in [7, 11) is 0. The van der Waals surface area contributed by atoms with E-state index in [4.69, 9.17) is 22.9 Å². The van der Waals surface area contributed by atoms with E-state index in [1.54, 1.807) is 0 Å². The van der Waals surface area contributed by atoms with E-state index in [9.17, 15) is 0 Å². The molecule has 3 aliphatic carbocycles. The maximum Gasteiger partial charge on any atom is 0.0110 e. The van der Waals surface area contributed by atoms with Crippen molar-refractivity contribution in [1.29, 1.82) is 0 Å². The minimum Gasteiger partial charge on any atom is -0.331 e. The number of fused-ring (bicyclic) bond motifs is 2. The number of hydrogen-bond acceptors (Lipinski definition) is 4. The van der Waals surface area contributed by atoms with Gasteiger partial charge in [-0.2, -0.15) is 0 Å². The van der Waals surface area contributed by atoms with Crippen LogP contribution in [0.15, 0.2) is 0 Å². The number of nitrogens with two attached hydrogens (primary N) is 4. The zero-order valence-electron chi connectivity index (χ0n) is 15.9. The molecule has 0 heterocycles. The first-order valence-corrected chi connectivity index (χ1v) is 9.66. The Morgan fingerprint density at radius 1 is 1.00 bits per heavy atom. The Morgan fingerprint density at radius 3 is 1.83 bits per heavy atom. The molecule has 0 aromatic carbocycles. The summed E-state index contributed by atoms with van der Waals surface area (Å²) in [4.78, 5) is 0. The summed E-state index contributed by atoms with van der Waals surface area (Å²) in [6.45, 7) is 11.1.